The van der Waals surface area contributed by atoms with Gasteiger partial charge in [0.05, 0.1) is 0 Å². The van der Waals surface area contributed by atoms with E-state index < -0.39 is 0 Å². The summed E-state index contributed by atoms with van der Waals surface area (Å²) in [4.78, 5) is 11.7. The van der Waals surface area contributed by atoms with E-state index in [-0.39, 0.29) is 0 Å². The summed E-state index contributed by atoms with van der Waals surface area (Å²) in [5.74, 6) is 1.14. The second-order valence-electron chi connectivity index (χ2n) is 7.78. The summed E-state index contributed by atoms with van der Waals surface area (Å²) in [6.07, 6.45) is 24.6. The van der Waals surface area contributed by atoms with Crippen LogP contribution in [0.1, 0.15) is 124 Å². The Morgan fingerprint density at radius 2 is 1.21 bits per heavy atom. The molecule has 0 atom stereocenters. The molecule has 0 aliphatic heterocycles. The van der Waals surface area contributed by atoms with Crippen molar-refractivity contribution in [3.63, 3.8) is 0 Å². The molecule has 142 valence electrons. The quantitative estimate of drug-likeness (QED) is 0.183. The van der Waals surface area contributed by atoms with Gasteiger partial charge in [-0.05, 0) is 38.0 Å². The van der Waals surface area contributed by atoms with Crippen LogP contribution in [0.15, 0.2) is 12.2 Å². The maximum Gasteiger partial charge on any atom is 0.132 e. The monoisotopic (exact) mass is 336 g/mol. The first kappa shape index (κ1) is 23.4. The van der Waals surface area contributed by atoms with Crippen molar-refractivity contribution in [2.24, 2.45) is 5.92 Å². The second-order valence-corrected chi connectivity index (χ2v) is 7.78. The first-order valence-corrected chi connectivity index (χ1v) is 10.8. The lowest BCUT2D eigenvalue weighted by Gasteiger charge is -2.04. The minimum atomic E-state index is 0.480. The lowest BCUT2D eigenvalue weighted by atomic mass is 10.0. The van der Waals surface area contributed by atoms with Crippen LogP contribution in [-0.4, -0.2) is 5.78 Å². The molecule has 0 saturated heterocycles. The third-order valence-corrected chi connectivity index (χ3v) is 4.73. The molecule has 0 amide bonds. The molecule has 0 aromatic carbocycles. The first-order valence-electron chi connectivity index (χ1n) is 10.8. The molecule has 0 aliphatic rings. The molecule has 0 unspecified atom stereocenters. The molecule has 24 heavy (non-hydrogen) atoms. The summed E-state index contributed by atoms with van der Waals surface area (Å²) in [5.41, 5.74) is 0. The van der Waals surface area contributed by atoms with Gasteiger partial charge < -0.3 is 0 Å². The van der Waals surface area contributed by atoms with E-state index in [1.807, 2.05) is 0 Å². The number of hydrogen-bond donors (Lipinski definition) is 0. The number of ketones is 1. The molecule has 0 aromatic rings. The number of carbonyl (C=O) groups excluding carboxylic acids is 1. The Labute approximate surface area is 152 Å². The van der Waals surface area contributed by atoms with Gasteiger partial charge in [-0.2, -0.15) is 0 Å². The highest BCUT2D eigenvalue weighted by molar-refractivity contribution is 5.78. The predicted octanol–water partition coefficient (Wildman–Crippen LogP) is 8.03. The molecular weight excluding hydrogens is 292 g/mol. The van der Waals surface area contributed by atoms with Crippen molar-refractivity contribution in [2.45, 2.75) is 124 Å². The lowest BCUT2D eigenvalue weighted by Crippen LogP contribution is -2.00. The molecule has 0 aromatic heterocycles. The fraction of sp³-hybridized carbons (Fsp3) is 0.870. The third kappa shape index (κ3) is 19.5. The van der Waals surface area contributed by atoms with Crippen LogP contribution >= 0.6 is 0 Å². The molecule has 0 bridgehead atoms. The molecule has 0 spiro atoms. The van der Waals surface area contributed by atoms with Gasteiger partial charge in [-0.3, -0.25) is 4.79 Å². The van der Waals surface area contributed by atoms with Crippen LogP contribution in [0.2, 0.25) is 0 Å². The zero-order valence-corrected chi connectivity index (χ0v) is 17.0. The minimum Gasteiger partial charge on any atom is -0.300 e. The Morgan fingerprint density at radius 3 is 1.71 bits per heavy atom. The topological polar surface area (TPSA) is 17.1 Å². The van der Waals surface area contributed by atoms with Gasteiger partial charge >= 0.3 is 0 Å². The van der Waals surface area contributed by atoms with E-state index in [0.29, 0.717) is 11.7 Å². The molecule has 0 rings (SSSR count). The average molecular weight is 337 g/mol. The van der Waals surface area contributed by atoms with E-state index in [1.54, 1.807) is 0 Å². The second kappa shape index (κ2) is 18.7. The zero-order chi connectivity index (χ0) is 17.9. The van der Waals surface area contributed by atoms with Gasteiger partial charge in [-0.25, -0.2) is 0 Å². The summed E-state index contributed by atoms with van der Waals surface area (Å²) in [5, 5.41) is 0. The minimum absolute atomic E-state index is 0.480. The Hall–Kier alpha value is -0.590. The molecule has 0 heterocycles. The Bertz CT molecular complexity index is 290. The lowest BCUT2D eigenvalue weighted by molar-refractivity contribution is -0.119. The van der Waals surface area contributed by atoms with Gasteiger partial charge in [-0.1, -0.05) is 90.7 Å². The van der Waals surface area contributed by atoms with Crippen LogP contribution < -0.4 is 0 Å². The van der Waals surface area contributed by atoms with Gasteiger partial charge in [0, 0.05) is 12.8 Å². The van der Waals surface area contributed by atoms with Crippen LogP contribution in [0.5, 0.6) is 0 Å². The van der Waals surface area contributed by atoms with Gasteiger partial charge in [0.2, 0.25) is 0 Å². The van der Waals surface area contributed by atoms with Gasteiger partial charge in [-0.15, -0.1) is 0 Å². The van der Waals surface area contributed by atoms with Crippen LogP contribution in [-0.2, 0) is 4.79 Å². The first-order chi connectivity index (χ1) is 11.7. The molecule has 1 nitrogen and oxygen atoms in total. The zero-order valence-electron chi connectivity index (χ0n) is 17.0. The highest BCUT2D eigenvalue weighted by atomic mass is 16.1. The fourth-order valence-corrected chi connectivity index (χ4v) is 3.03. The van der Waals surface area contributed by atoms with E-state index in [0.717, 1.165) is 25.7 Å². The smallest absolute Gasteiger partial charge is 0.132 e. The van der Waals surface area contributed by atoms with Crippen LogP contribution in [0, 0.1) is 5.92 Å². The third-order valence-electron chi connectivity index (χ3n) is 4.73. The Balaban J connectivity index is 3.12. The van der Waals surface area contributed by atoms with E-state index in [2.05, 4.69) is 32.9 Å². The maximum atomic E-state index is 11.7. The van der Waals surface area contributed by atoms with E-state index in [4.69, 9.17) is 0 Å². The van der Waals surface area contributed by atoms with Crippen LogP contribution in [0.3, 0.4) is 0 Å². The van der Waals surface area contributed by atoms with E-state index in [9.17, 15) is 4.79 Å². The van der Waals surface area contributed by atoms with Crippen molar-refractivity contribution < 1.29 is 4.79 Å². The number of carbonyl (C=O) groups is 1. The maximum absolute atomic E-state index is 11.7. The molecule has 0 aliphatic carbocycles. The normalized spacial score (nSPS) is 11.7. The number of allylic oxidation sites excluding steroid dienone is 2. The molecular formula is C23H44O. The van der Waals surface area contributed by atoms with Gasteiger partial charge in [0.15, 0.2) is 0 Å². The fourth-order valence-electron chi connectivity index (χ4n) is 3.03. The largest absolute Gasteiger partial charge is 0.300 e. The van der Waals surface area contributed by atoms with Crippen molar-refractivity contribution in [3.05, 3.63) is 12.2 Å². The van der Waals surface area contributed by atoms with Crippen molar-refractivity contribution in [1.82, 2.24) is 0 Å². The molecule has 0 fully saturated rings. The van der Waals surface area contributed by atoms with Crippen molar-refractivity contribution >= 4 is 5.78 Å². The summed E-state index contributed by atoms with van der Waals surface area (Å²) < 4.78 is 0. The van der Waals surface area contributed by atoms with Gasteiger partial charge in [0.25, 0.3) is 0 Å². The molecule has 0 N–H and O–H groups in total. The number of Topliss-reactive ketones (excluding diaryl/α,β-unsaturated/α-hetero) is 1. The van der Waals surface area contributed by atoms with E-state index in [1.165, 1.54) is 77.0 Å². The summed E-state index contributed by atoms with van der Waals surface area (Å²) in [6, 6.07) is 0. The molecule has 1 heteroatoms. The molecule has 0 saturated carbocycles. The standard InChI is InChI=1S/C23H44O/c1-4-5-6-7-8-9-10-11-12-13-14-15-16-17-18-19-23(24)21-20-22(2)3/h5-6,22H,4,7-21H2,1-3H3/b6-5+. The highest BCUT2D eigenvalue weighted by Crippen LogP contribution is 2.13. The van der Waals surface area contributed by atoms with Crippen molar-refractivity contribution in [2.75, 3.05) is 0 Å². The number of rotatable bonds is 18. The van der Waals surface area contributed by atoms with Crippen LogP contribution in [0.4, 0.5) is 0 Å². The SMILES string of the molecule is CC/C=C/CCCCCCCCCCCCCC(=O)CCC(C)C. The van der Waals surface area contributed by atoms with Crippen molar-refractivity contribution in [1.29, 1.82) is 0 Å². The summed E-state index contributed by atoms with van der Waals surface area (Å²) in [6.45, 7) is 6.58. The van der Waals surface area contributed by atoms with Gasteiger partial charge in [0.1, 0.15) is 5.78 Å². The summed E-state index contributed by atoms with van der Waals surface area (Å²) >= 11 is 0. The predicted molar refractivity (Wildman–Crippen MR) is 109 cm³/mol. The molecule has 0 radical (unpaired) electrons. The number of unbranched alkanes of at least 4 members (excludes halogenated alkanes) is 11. The average Bonchev–Trinajstić information content (AvgIpc) is 2.56. The van der Waals surface area contributed by atoms with Crippen molar-refractivity contribution in [3.8, 4) is 0 Å². The Kier molecular flexibility index (Phi) is 18.3. The van der Waals surface area contributed by atoms with Crippen LogP contribution in [0.25, 0.3) is 0 Å². The van der Waals surface area contributed by atoms with E-state index >= 15 is 0 Å². The summed E-state index contributed by atoms with van der Waals surface area (Å²) in [7, 11) is 0. The Morgan fingerprint density at radius 1 is 0.708 bits per heavy atom. The highest BCUT2D eigenvalue weighted by Gasteiger charge is 2.03. The number of hydrogen-bond acceptors (Lipinski definition) is 1.